The predicted molar refractivity (Wildman–Crippen MR) is 91.2 cm³/mol. The molecular weight excluding hydrogens is 322 g/mol. The van der Waals surface area contributed by atoms with Gasteiger partial charge >= 0.3 is 0 Å². The average molecular weight is 345 g/mol. The predicted octanol–water partition coefficient (Wildman–Crippen LogP) is 2.32. The van der Waals surface area contributed by atoms with E-state index in [1.54, 1.807) is 7.11 Å². The van der Waals surface area contributed by atoms with E-state index in [0.29, 0.717) is 50.7 Å². The van der Waals surface area contributed by atoms with E-state index in [2.05, 4.69) is 10.1 Å². The van der Waals surface area contributed by atoms with Crippen LogP contribution in [0, 0.1) is 0 Å². The van der Waals surface area contributed by atoms with Gasteiger partial charge in [-0.15, -0.1) is 0 Å². The zero-order chi connectivity index (χ0) is 17.6. The fourth-order valence-corrected chi connectivity index (χ4v) is 2.85. The van der Waals surface area contributed by atoms with Gasteiger partial charge in [-0.1, -0.05) is 5.16 Å². The van der Waals surface area contributed by atoms with Gasteiger partial charge in [-0.2, -0.15) is 4.98 Å². The molecule has 0 bridgehead atoms. The number of amides is 1. The second kappa shape index (κ2) is 8.11. The van der Waals surface area contributed by atoms with E-state index in [0.717, 1.165) is 11.3 Å². The Bertz CT molecular complexity index is 699. The Morgan fingerprint density at radius 1 is 1.36 bits per heavy atom. The number of nitrogens with zero attached hydrogens (tertiary/aromatic N) is 3. The molecule has 1 unspecified atom stereocenters. The van der Waals surface area contributed by atoms with Crippen molar-refractivity contribution < 1.29 is 18.8 Å². The van der Waals surface area contributed by atoms with Crippen LogP contribution >= 0.6 is 0 Å². The summed E-state index contributed by atoms with van der Waals surface area (Å²) in [6.45, 7) is 3.91. The van der Waals surface area contributed by atoms with Gasteiger partial charge in [-0.3, -0.25) is 4.79 Å². The van der Waals surface area contributed by atoms with Crippen molar-refractivity contribution in [2.45, 2.75) is 32.2 Å². The van der Waals surface area contributed by atoms with Crippen LogP contribution in [0.3, 0.4) is 0 Å². The summed E-state index contributed by atoms with van der Waals surface area (Å²) < 4.78 is 15.8. The van der Waals surface area contributed by atoms with E-state index in [9.17, 15) is 4.79 Å². The van der Waals surface area contributed by atoms with E-state index in [1.807, 2.05) is 36.1 Å². The van der Waals surface area contributed by atoms with Gasteiger partial charge in [0.2, 0.25) is 17.6 Å². The molecule has 134 valence electrons. The van der Waals surface area contributed by atoms with Crippen molar-refractivity contribution in [3.63, 3.8) is 0 Å². The van der Waals surface area contributed by atoms with Crippen LogP contribution < -0.4 is 4.74 Å². The minimum atomic E-state index is 0.145. The SMILES string of the molecule is COc1ccc(-c2noc(CCCC(=O)N3CCOCC3C)n2)cc1. The number of ether oxygens (including phenoxy) is 2. The van der Waals surface area contributed by atoms with Crippen LogP contribution in [0.15, 0.2) is 28.8 Å². The molecule has 1 aromatic carbocycles. The van der Waals surface area contributed by atoms with Gasteiger partial charge < -0.3 is 18.9 Å². The third-order valence-electron chi connectivity index (χ3n) is 4.29. The normalized spacial score (nSPS) is 17.5. The number of carbonyl (C=O) groups is 1. The summed E-state index contributed by atoms with van der Waals surface area (Å²) in [5, 5.41) is 4.00. The van der Waals surface area contributed by atoms with Crippen molar-refractivity contribution >= 4 is 5.91 Å². The van der Waals surface area contributed by atoms with Crippen LogP contribution in [0.4, 0.5) is 0 Å². The summed E-state index contributed by atoms with van der Waals surface area (Å²) in [4.78, 5) is 18.6. The smallest absolute Gasteiger partial charge is 0.226 e. The molecule has 2 aromatic rings. The Hall–Kier alpha value is -2.41. The number of carbonyl (C=O) groups excluding carboxylic acids is 1. The Morgan fingerprint density at radius 2 is 2.16 bits per heavy atom. The van der Waals surface area contributed by atoms with Gasteiger partial charge in [0.25, 0.3) is 0 Å². The molecule has 1 aromatic heterocycles. The van der Waals surface area contributed by atoms with Crippen LogP contribution in [0.25, 0.3) is 11.4 Å². The molecule has 25 heavy (non-hydrogen) atoms. The van der Waals surface area contributed by atoms with Crippen LogP contribution in [-0.2, 0) is 16.0 Å². The maximum atomic E-state index is 12.3. The minimum absolute atomic E-state index is 0.145. The molecular formula is C18H23N3O4. The van der Waals surface area contributed by atoms with E-state index >= 15 is 0 Å². The second-order valence-corrected chi connectivity index (χ2v) is 6.10. The maximum Gasteiger partial charge on any atom is 0.226 e. The van der Waals surface area contributed by atoms with Gasteiger partial charge in [-0.05, 0) is 37.6 Å². The summed E-state index contributed by atoms with van der Waals surface area (Å²) in [7, 11) is 1.63. The van der Waals surface area contributed by atoms with Crippen LogP contribution in [0.5, 0.6) is 5.75 Å². The number of aryl methyl sites for hydroxylation is 1. The maximum absolute atomic E-state index is 12.3. The standard InChI is InChI=1S/C18H23N3O4/c1-13-12-24-11-10-21(13)17(22)5-3-4-16-19-18(20-25-16)14-6-8-15(23-2)9-7-14/h6-9,13H,3-5,10-12H2,1-2H3. The van der Waals surface area contributed by atoms with Gasteiger partial charge in [0, 0.05) is 24.9 Å². The van der Waals surface area contributed by atoms with E-state index in [1.165, 1.54) is 0 Å². The molecule has 7 nitrogen and oxygen atoms in total. The van der Waals surface area contributed by atoms with Crippen molar-refractivity contribution in [1.82, 2.24) is 15.0 Å². The van der Waals surface area contributed by atoms with Gasteiger partial charge in [-0.25, -0.2) is 0 Å². The first-order chi connectivity index (χ1) is 12.2. The van der Waals surface area contributed by atoms with E-state index in [4.69, 9.17) is 14.0 Å². The highest BCUT2D eigenvalue weighted by molar-refractivity contribution is 5.76. The first-order valence-electron chi connectivity index (χ1n) is 8.51. The number of methoxy groups -OCH3 is 1. The molecule has 0 N–H and O–H groups in total. The molecule has 1 fully saturated rings. The Morgan fingerprint density at radius 3 is 2.88 bits per heavy atom. The topological polar surface area (TPSA) is 77.7 Å². The molecule has 1 saturated heterocycles. The summed E-state index contributed by atoms with van der Waals surface area (Å²) >= 11 is 0. The summed E-state index contributed by atoms with van der Waals surface area (Å²) in [5.41, 5.74) is 0.869. The van der Waals surface area contributed by atoms with Crippen LogP contribution in [0.1, 0.15) is 25.7 Å². The molecule has 7 heteroatoms. The van der Waals surface area contributed by atoms with Gasteiger partial charge in [0.05, 0.1) is 26.4 Å². The summed E-state index contributed by atoms with van der Waals surface area (Å²) in [6, 6.07) is 7.63. The fraction of sp³-hybridized carbons (Fsp3) is 0.500. The molecule has 1 atom stereocenters. The summed E-state index contributed by atoms with van der Waals surface area (Å²) in [6.07, 6.45) is 1.76. The molecule has 1 aliphatic rings. The number of hydrogen-bond donors (Lipinski definition) is 0. The molecule has 1 aliphatic heterocycles. The van der Waals surface area contributed by atoms with E-state index in [-0.39, 0.29) is 11.9 Å². The molecule has 0 aliphatic carbocycles. The lowest BCUT2D eigenvalue weighted by atomic mass is 10.1. The third-order valence-corrected chi connectivity index (χ3v) is 4.29. The van der Waals surface area contributed by atoms with Crippen molar-refractivity contribution in [2.24, 2.45) is 0 Å². The molecule has 0 saturated carbocycles. The zero-order valence-electron chi connectivity index (χ0n) is 14.6. The van der Waals surface area contributed by atoms with Gasteiger partial charge in [0.15, 0.2) is 0 Å². The third kappa shape index (κ3) is 4.36. The summed E-state index contributed by atoms with van der Waals surface area (Å²) in [5.74, 6) is 2.04. The quantitative estimate of drug-likeness (QED) is 0.799. The first kappa shape index (κ1) is 17.4. The Labute approximate surface area is 146 Å². The Kier molecular flexibility index (Phi) is 5.65. The number of morpholine rings is 1. The first-order valence-corrected chi connectivity index (χ1v) is 8.51. The fourth-order valence-electron chi connectivity index (χ4n) is 2.85. The average Bonchev–Trinajstić information content (AvgIpc) is 3.11. The van der Waals surface area contributed by atoms with Crippen LogP contribution in [0.2, 0.25) is 0 Å². The molecule has 0 spiro atoms. The molecule has 3 rings (SSSR count). The Balaban J connectivity index is 1.50. The van der Waals surface area contributed by atoms with Crippen LogP contribution in [-0.4, -0.2) is 53.9 Å². The lowest BCUT2D eigenvalue weighted by molar-refractivity contribution is -0.139. The van der Waals surface area contributed by atoms with Crippen molar-refractivity contribution in [3.05, 3.63) is 30.2 Å². The lowest BCUT2D eigenvalue weighted by Gasteiger charge is -2.33. The zero-order valence-corrected chi connectivity index (χ0v) is 14.6. The number of aromatic nitrogens is 2. The highest BCUT2D eigenvalue weighted by atomic mass is 16.5. The molecule has 2 heterocycles. The lowest BCUT2D eigenvalue weighted by Crippen LogP contribution is -2.47. The molecule has 1 amide bonds. The number of hydrogen-bond acceptors (Lipinski definition) is 6. The highest BCUT2D eigenvalue weighted by Crippen LogP contribution is 2.20. The van der Waals surface area contributed by atoms with E-state index < -0.39 is 0 Å². The largest absolute Gasteiger partial charge is 0.497 e. The number of benzene rings is 1. The van der Waals surface area contributed by atoms with Gasteiger partial charge in [0.1, 0.15) is 5.75 Å². The highest BCUT2D eigenvalue weighted by Gasteiger charge is 2.23. The minimum Gasteiger partial charge on any atom is -0.497 e. The second-order valence-electron chi connectivity index (χ2n) is 6.10. The van der Waals surface area contributed by atoms with Crippen molar-refractivity contribution in [1.29, 1.82) is 0 Å². The monoisotopic (exact) mass is 345 g/mol. The van der Waals surface area contributed by atoms with Crippen molar-refractivity contribution in [3.8, 4) is 17.1 Å². The molecule has 0 radical (unpaired) electrons. The number of rotatable bonds is 6. The van der Waals surface area contributed by atoms with Crippen molar-refractivity contribution in [2.75, 3.05) is 26.9 Å².